The van der Waals surface area contributed by atoms with E-state index in [1.54, 1.807) is 6.26 Å². The lowest BCUT2D eigenvalue weighted by Crippen LogP contribution is -2.17. The zero-order valence-corrected chi connectivity index (χ0v) is 10.7. The highest BCUT2D eigenvalue weighted by molar-refractivity contribution is 5.28. The molecule has 1 aliphatic carbocycles. The summed E-state index contributed by atoms with van der Waals surface area (Å²) in [6.45, 7) is 3.00. The van der Waals surface area contributed by atoms with Crippen molar-refractivity contribution >= 4 is 0 Å². The van der Waals surface area contributed by atoms with E-state index in [0.717, 1.165) is 18.2 Å². The molecule has 18 heavy (non-hydrogen) atoms. The number of benzene rings is 1. The average Bonchev–Trinajstić information content (AvgIpc) is 3.11. The van der Waals surface area contributed by atoms with E-state index in [4.69, 9.17) is 4.42 Å². The fraction of sp³-hybridized carbons (Fsp3) is 0.375. The molecule has 2 heteroatoms. The molecule has 1 N–H and O–H groups in total. The molecule has 0 saturated heterocycles. The van der Waals surface area contributed by atoms with Crippen LogP contribution in [0.2, 0.25) is 0 Å². The second kappa shape index (κ2) is 4.99. The van der Waals surface area contributed by atoms with Gasteiger partial charge < -0.3 is 9.73 Å². The van der Waals surface area contributed by atoms with Gasteiger partial charge in [-0.15, -0.1) is 0 Å². The zero-order valence-electron chi connectivity index (χ0n) is 10.7. The lowest BCUT2D eigenvalue weighted by molar-refractivity contribution is 0.430. The molecule has 94 valence electrons. The van der Waals surface area contributed by atoms with Gasteiger partial charge in [0.2, 0.25) is 0 Å². The van der Waals surface area contributed by atoms with E-state index in [0.29, 0.717) is 0 Å². The molecule has 1 fully saturated rings. The maximum atomic E-state index is 5.38. The van der Waals surface area contributed by atoms with Gasteiger partial charge in [-0.05, 0) is 48.9 Å². The third-order valence-corrected chi connectivity index (χ3v) is 3.61. The van der Waals surface area contributed by atoms with Gasteiger partial charge in [0.1, 0.15) is 5.76 Å². The van der Waals surface area contributed by atoms with Crippen LogP contribution in [0.3, 0.4) is 0 Å². The molecule has 1 aliphatic rings. The van der Waals surface area contributed by atoms with Crippen molar-refractivity contribution < 1.29 is 4.42 Å². The summed E-state index contributed by atoms with van der Waals surface area (Å²) >= 11 is 0. The molecular formula is C16H19NO. The molecule has 1 atom stereocenters. The Morgan fingerprint density at radius 1 is 1.22 bits per heavy atom. The van der Waals surface area contributed by atoms with Crippen molar-refractivity contribution in [1.29, 1.82) is 0 Å². The molecular weight excluding hydrogens is 222 g/mol. The largest absolute Gasteiger partial charge is 0.468 e. The molecule has 0 amide bonds. The Hall–Kier alpha value is -1.54. The van der Waals surface area contributed by atoms with Crippen molar-refractivity contribution in [2.75, 3.05) is 0 Å². The predicted octanol–water partition coefficient (Wildman–Crippen LogP) is 4.01. The van der Waals surface area contributed by atoms with E-state index in [1.807, 2.05) is 12.1 Å². The highest BCUT2D eigenvalue weighted by Gasteiger charge is 2.22. The molecule has 0 spiro atoms. The molecule has 1 saturated carbocycles. The Morgan fingerprint density at radius 3 is 2.61 bits per heavy atom. The molecule has 0 unspecified atom stereocenters. The van der Waals surface area contributed by atoms with E-state index in [-0.39, 0.29) is 6.04 Å². The SMILES string of the molecule is C[C@H](NCc1ccc(C2CC2)cc1)c1ccco1. The first kappa shape index (κ1) is 11.5. The molecule has 3 rings (SSSR count). The average molecular weight is 241 g/mol. The monoisotopic (exact) mass is 241 g/mol. The molecule has 2 nitrogen and oxygen atoms in total. The quantitative estimate of drug-likeness (QED) is 0.855. The van der Waals surface area contributed by atoms with Crippen molar-refractivity contribution in [3.05, 3.63) is 59.5 Å². The Balaban J connectivity index is 1.56. The second-order valence-electron chi connectivity index (χ2n) is 5.13. The normalized spacial score (nSPS) is 16.7. The van der Waals surface area contributed by atoms with Crippen LogP contribution in [0.4, 0.5) is 0 Å². The third kappa shape index (κ3) is 2.65. The van der Waals surface area contributed by atoms with Gasteiger partial charge in [0.25, 0.3) is 0 Å². The molecule has 1 heterocycles. The van der Waals surface area contributed by atoms with Gasteiger partial charge in [-0.2, -0.15) is 0 Å². The van der Waals surface area contributed by atoms with Crippen molar-refractivity contribution in [3.63, 3.8) is 0 Å². The maximum absolute atomic E-state index is 5.38. The summed E-state index contributed by atoms with van der Waals surface area (Å²) in [5.74, 6) is 1.83. The molecule has 0 radical (unpaired) electrons. The van der Waals surface area contributed by atoms with E-state index in [2.05, 4.69) is 36.5 Å². The number of hydrogen-bond acceptors (Lipinski definition) is 2. The Kier molecular flexibility index (Phi) is 3.20. The van der Waals surface area contributed by atoms with Gasteiger partial charge in [0.05, 0.1) is 12.3 Å². The summed E-state index contributed by atoms with van der Waals surface area (Å²) in [4.78, 5) is 0. The molecule has 0 bridgehead atoms. The van der Waals surface area contributed by atoms with Crippen molar-refractivity contribution in [2.45, 2.75) is 38.3 Å². The van der Waals surface area contributed by atoms with Gasteiger partial charge in [-0.3, -0.25) is 0 Å². The van der Waals surface area contributed by atoms with Crippen LogP contribution >= 0.6 is 0 Å². The van der Waals surface area contributed by atoms with Crippen LogP contribution < -0.4 is 5.32 Å². The fourth-order valence-corrected chi connectivity index (χ4v) is 2.23. The molecule has 0 aliphatic heterocycles. The van der Waals surface area contributed by atoms with Crippen LogP contribution in [0.15, 0.2) is 47.1 Å². The van der Waals surface area contributed by atoms with Crippen LogP contribution in [0, 0.1) is 0 Å². The maximum Gasteiger partial charge on any atom is 0.120 e. The van der Waals surface area contributed by atoms with Crippen LogP contribution in [-0.4, -0.2) is 0 Å². The van der Waals surface area contributed by atoms with Crippen molar-refractivity contribution in [3.8, 4) is 0 Å². The molecule has 1 aromatic carbocycles. The standard InChI is InChI=1S/C16H19NO/c1-12(16-3-2-10-18-16)17-11-13-4-6-14(7-5-13)15-8-9-15/h2-7,10,12,15,17H,8-9,11H2,1H3/t12-/m0/s1. The number of furan rings is 1. The lowest BCUT2D eigenvalue weighted by atomic mass is 10.1. The Labute approximate surface area is 108 Å². The lowest BCUT2D eigenvalue weighted by Gasteiger charge is -2.11. The summed E-state index contributed by atoms with van der Waals surface area (Å²) in [5, 5.41) is 3.47. The number of nitrogens with one attached hydrogen (secondary N) is 1. The summed E-state index contributed by atoms with van der Waals surface area (Å²) in [6.07, 6.45) is 4.46. The second-order valence-corrected chi connectivity index (χ2v) is 5.13. The van der Waals surface area contributed by atoms with E-state index < -0.39 is 0 Å². The van der Waals surface area contributed by atoms with Crippen LogP contribution in [0.5, 0.6) is 0 Å². The summed E-state index contributed by atoms with van der Waals surface area (Å²) in [6, 6.07) is 13.2. The van der Waals surface area contributed by atoms with Crippen LogP contribution in [-0.2, 0) is 6.54 Å². The molecule has 1 aromatic heterocycles. The highest BCUT2D eigenvalue weighted by Crippen LogP contribution is 2.39. The van der Waals surface area contributed by atoms with Gasteiger partial charge in [0, 0.05) is 6.54 Å². The van der Waals surface area contributed by atoms with Crippen LogP contribution in [0.25, 0.3) is 0 Å². The topological polar surface area (TPSA) is 25.2 Å². The fourth-order valence-electron chi connectivity index (χ4n) is 2.23. The molecule has 2 aromatic rings. The number of rotatable bonds is 5. The van der Waals surface area contributed by atoms with Gasteiger partial charge in [0.15, 0.2) is 0 Å². The van der Waals surface area contributed by atoms with Gasteiger partial charge in [-0.25, -0.2) is 0 Å². The first-order valence-corrected chi connectivity index (χ1v) is 6.68. The Morgan fingerprint density at radius 2 is 2.00 bits per heavy atom. The third-order valence-electron chi connectivity index (χ3n) is 3.61. The first-order chi connectivity index (χ1) is 8.83. The zero-order chi connectivity index (χ0) is 12.4. The van der Waals surface area contributed by atoms with Crippen molar-refractivity contribution in [1.82, 2.24) is 5.32 Å². The van der Waals surface area contributed by atoms with E-state index >= 15 is 0 Å². The van der Waals surface area contributed by atoms with E-state index in [1.165, 1.54) is 24.0 Å². The van der Waals surface area contributed by atoms with Crippen molar-refractivity contribution in [2.24, 2.45) is 0 Å². The van der Waals surface area contributed by atoms with Gasteiger partial charge in [-0.1, -0.05) is 24.3 Å². The highest BCUT2D eigenvalue weighted by atomic mass is 16.3. The summed E-state index contributed by atoms with van der Waals surface area (Å²) in [5.41, 5.74) is 2.83. The summed E-state index contributed by atoms with van der Waals surface area (Å²) < 4.78 is 5.38. The smallest absolute Gasteiger partial charge is 0.120 e. The van der Waals surface area contributed by atoms with E-state index in [9.17, 15) is 0 Å². The minimum Gasteiger partial charge on any atom is -0.468 e. The number of hydrogen-bond donors (Lipinski definition) is 1. The first-order valence-electron chi connectivity index (χ1n) is 6.68. The minimum atomic E-state index is 0.253. The predicted molar refractivity (Wildman–Crippen MR) is 72.4 cm³/mol. The summed E-state index contributed by atoms with van der Waals surface area (Å²) in [7, 11) is 0. The van der Waals surface area contributed by atoms with Crippen LogP contribution in [0.1, 0.15) is 48.6 Å². The van der Waals surface area contributed by atoms with Gasteiger partial charge >= 0.3 is 0 Å². The Bertz CT molecular complexity index is 482. The minimum absolute atomic E-state index is 0.253.